The Balaban J connectivity index is 1.70. The topological polar surface area (TPSA) is 120 Å². The number of para-hydroxylation sites is 1. The summed E-state index contributed by atoms with van der Waals surface area (Å²) in [6, 6.07) is 12.2. The molecule has 1 aliphatic rings. The van der Waals surface area contributed by atoms with E-state index in [1.165, 1.54) is 18.3 Å². The summed E-state index contributed by atoms with van der Waals surface area (Å²) in [4.78, 5) is 35.5. The van der Waals surface area contributed by atoms with Crippen molar-refractivity contribution in [1.29, 1.82) is 0 Å². The smallest absolute Gasteiger partial charge is 0.335 e. The molecular weight excluding hydrogens is 396 g/mol. The van der Waals surface area contributed by atoms with Gasteiger partial charge in [-0.2, -0.15) is 5.10 Å². The third-order valence-electron chi connectivity index (χ3n) is 5.23. The minimum absolute atomic E-state index is 0.0214. The van der Waals surface area contributed by atoms with Crippen LogP contribution in [0.25, 0.3) is 0 Å². The van der Waals surface area contributed by atoms with Gasteiger partial charge in [-0.1, -0.05) is 37.5 Å². The van der Waals surface area contributed by atoms with E-state index >= 15 is 0 Å². The van der Waals surface area contributed by atoms with E-state index in [2.05, 4.69) is 21.2 Å². The number of hydrogen-bond donors (Lipinski definition) is 4. The number of nitrogens with one attached hydrogen (secondary N) is 3. The van der Waals surface area contributed by atoms with Gasteiger partial charge in [-0.15, -0.1) is 0 Å². The van der Waals surface area contributed by atoms with Gasteiger partial charge in [-0.05, 0) is 49.6 Å². The summed E-state index contributed by atoms with van der Waals surface area (Å²) in [6.07, 6.45) is 6.30. The number of aryl methyl sites for hydroxylation is 1. The van der Waals surface area contributed by atoms with Crippen LogP contribution in [0.3, 0.4) is 0 Å². The van der Waals surface area contributed by atoms with E-state index < -0.39 is 17.8 Å². The summed E-state index contributed by atoms with van der Waals surface area (Å²) in [7, 11) is 0. The number of carboxylic acid groups (broad SMARTS) is 1. The third kappa shape index (κ3) is 6.15. The Kier molecular flexibility index (Phi) is 7.37. The van der Waals surface area contributed by atoms with Crippen molar-refractivity contribution in [2.24, 2.45) is 5.10 Å². The molecule has 2 amide bonds. The molecule has 0 saturated heterocycles. The van der Waals surface area contributed by atoms with Crippen molar-refractivity contribution >= 4 is 35.4 Å². The second-order valence-electron chi connectivity index (χ2n) is 7.55. The van der Waals surface area contributed by atoms with Crippen LogP contribution in [0.1, 0.15) is 53.6 Å². The number of rotatable bonds is 6. The van der Waals surface area contributed by atoms with Gasteiger partial charge in [0.2, 0.25) is 0 Å². The highest BCUT2D eigenvalue weighted by Gasteiger charge is 2.20. The standard InChI is InChI=1S/C23H26N4O4/c1-15-7-5-6-10-19(15)26-20-12-11-16(23(30)31)13-17(20)14-24-27-22(29)21(28)25-18-8-3-2-4-9-18/h5-7,10-14,18,26H,2-4,8-9H2,1H3,(H,25,28)(H,27,29)(H,30,31)/b24-14-. The number of nitrogens with zero attached hydrogens (tertiary/aromatic N) is 1. The number of hydrazone groups is 1. The molecule has 0 bridgehead atoms. The number of carboxylic acids is 1. The molecule has 31 heavy (non-hydrogen) atoms. The molecule has 8 nitrogen and oxygen atoms in total. The van der Waals surface area contributed by atoms with E-state index in [0.29, 0.717) is 11.3 Å². The van der Waals surface area contributed by atoms with Crippen LogP contribution >= 0.6 is 0 Å². The van der Waals surface area contributed by atoms with E-state index in [1.807, 2.05) is 31.2 Å². The molecule has 8 heteroatoms. The van der Waals surface area contributed by atoms with Gasteiger partial charge >= 0.3 is 17.8 Å². The molecule has 0 spiro atoms. The van der Waals surface area contributed by atoms with Crippen LogP contribution in [-0.4, -0.2) is 35.1 Å². The molecule has 1 saturated carbocycles. The maximum atomic E-state index is 12.1. The maximum absolute atomic E-state index is 12.1. The van der Waals surface area contributed by atoms with Crippen LogP contribution in [0.2, 0.25) is 0 Å². The number of aromatic carboxylic acids is 1. The molecule has 4 N–H and O–H groups in total. The maximum Gasteiger partial charge on any atom is 0.335 e. The Morgan fingerprint density at radius 3 is 2.45 bits per heavy atom. The van der Waals surface area contributed by atoms with Crippen LogP contribution in [0.5, 0.6) is 0 Å². The molecule has 0 atom stereocenters. The number of amides is 2. The van der Waals surface area contributed by atoms with Crippen LogP contribution in [0.15, 0.2) is 47.6 Å². The summed E-state index contributed by atoms with van der Waals surface area (Å²) in [5, 5.41) is 19.1. The van der Waals surface area contributed by atoms with Gasteiger partial charge < -0.3 is 15.7 Å². The van der Waals surface area contributed by atoms with Crippen molar-refractivity contribution in [2.75, 3.05) is 5.32 Å². The van der Waals surface area contributed by atoms with Crippen molar-refractivity contribution in [3.8, 4) is 0 Å². The van der Waals surface area contributed by atoms with Gasteiger partial charge in [-0.3, -0.25) is 9.59 Å². The Hall–Kier alpha value is -3.68. The van der Waals surface area contributed by atoms with Crippen LogP contribution < -0.4 is 16.1 Å². The fraction of sp³-hybridized carbons (Fsp3) is 0.304. The van der Waals surface area contributed by atoms with Crippen LogP contribution in [-0.2, 0) is 9.59 Å². The second kappa shape index (κ2) is 10.4. The highest BCUT2D eigenvalue weighted by molar-refractivity contribution is 6.35. The predicted octanol–water partition coefficient (Wildman–Crippen LogP) is 3.34. The zero-order valence-corrected chi connectivity index (χ0v) is 17.4. The first-order valence-electron chi connectivity index (χ1n) is 10.3. The first-order chi connectivity index (χ1) is 14.9. The SMILES string of the molecule is Cc1ccccc1Nc1ccc(C(=O)O)cc1/C=N\NC(=O)C(=O)NC1CCCCC1. The Morgan fingerprint density at radius 2 is 1.74 bits per heavy atom. The molecule has 2 aromatic rings. The van der Waals surface area contributed by atoms with Gasteiger partial charge in [0.15, 0.2) is 0 Å². The van der Waals surface area contributed by atoms with E-state index in [9.17, 15) is 19.5 Å². The van der Waals surface area contributed by atoms with Gasteiger partial charge in [0.1, 0.15) is 0 Å². The molecule has 2 aromatic carbocycles. The van der Waals surface area contributed by atoms with E-state index in [0.717, 1.165) is 43.4 Å². The summed E-state index contributed by atoms with van der Waals surface area (Å²) >= 11 is 0. The Bertz CT molecular complexity index is 997. The monoisotopic (exact) mass is 422 g/mol. The number of anilines is 2. The minimum atomic E-state index is -1.08. The molecule has 1 fully saturated rings. The average molecular weight is 422 g/mol. The van der Waals surface area contributed by atoms with Crippen molar-refractivity contribution in [3.63, 3.8) is 0 Å². The molecule has 162 valence electrons. The average Bonchev–Trinajstić information content (AvgIpc) is 2.76. The minimum Gasteiger partial charge on any atom is -0.478 e. The normalized spacial score (nSPS) is 14.2. The number of carbonyl (C=O) groups is 3. The summed E-state index contributed by atoms with van der Waals surface area (Å²) in [5.74, 6) is -2.65. The lowest BCUT2D eigenvalue weighted by Gasteiger charge is -2.22. The predicted molar refractivity (Wildman–Crippen MR) is 119 cm³/mol. The Labute approximate surface area is 180 Å². The third-order valence-corrected chi connectivity index (χ3v) is 5.23. The molecular formula is C23H26N4O4. The van der Waals surface area contributed by atoms with Crippen molar-refractivity contribution in [1.82, 2.24) is 10.7 Å². The summed E-state index contributed by atoms with van der Waals surface area (Å²) in [6.45, 7) is 1.95. The molecule has 0 unspecified atom stereocenters. The van der Waals surface area contributed by atoms with Gasteiger partial charge in [0.25, 0.3) is 0 Å². The van der Waals surface area contributed by atoms with Crippen LogP contribution in [0.4, 0.5) is 11.4 Å². The van der Waals surface area contributed by atoms with Crippen molar-refractivity contribution in [2.45, 2.75) is 45.1 Å². The Morgan fingerprint density at radius 1 is 1.00 bits per heavy atom. The number of benzene rings is 2. The zero-order valence-electron chi connectivity index (χ0n) is 17.4. The van der Waals surface area contributed by atoms with Gasteiger partial charge in [0.05, 0.1) is 11.8 Å². The first kappa shape index (κ1) is 22.0. The zero-order chi connectivity index (χ0) is 22.2. The lowest BCUT2D eigenvalue weighted by Crippen LogP contribution is -2.44. The summed E-state index contributed by atoms with van der Waals surface area (Å²) in [5.41, 5.74) is 5.24. The van der Waals surface area contributed by atoms with E-state index in [1.54, 1.807) is 6.07 Å². The molecule has 1 aliphatic carbocycles. The molecule has 0 heterocycles. The number of carbonyl (C=O) groups excluding carboxylic acids is 2. The fourth-order valence-electron chi connectivity index (χ4n) is 3.48. The highest BCUT2D eigenvalue weighted by atomic mass is 16.4. The lowest BCUT2D eigenvalue weighted by molar-refractivity contribution is -0.139. The van der Waals surface area contributed by atoms with E-state index in [4.69, 9.17) is 0 Å². The molecule has 0 aliphatic heterocycles. The quantitative estimate of drug-likeness (QED) is 0.323. The first-order valence-corrected chi connectivity index (χ1v) is 10.3. The lowest BCUT2D eigenvalue weighted by atomic mass is 9.95. The van der Waals surface area contributed by atoms with Crippen molar-refractivity contribution in [3.05, 3.63) is 59.2 Å². The van der Waals surface area contributed by atoms with E-state index in [-0.39, 0.29) is 11.6 Å². The number of hydrogen-bond acceptors (Lipinski definition) is 5. The van der Waals surface area contributed by atoms with Gasteiger partial charge in [0, 0.05) is 23.0 Å². The second-order valence-corrected chi connectivity index (χ2v) is 7.55. The van der Waals surface area contributed by atoms with Gasteiger partial charge in [-0.25, -0.2) is 10.2 Å². The largest absolute Gasteiger partial charge is 0.478 e. The van der Waals surface area contributed by atoms with Crippen LogP contribution in [0, 0.1) is 6.92 Å². The molecule has 3 rings (SSSR count). The summed E-state index contributed by atoms with van der Waals surface area (Å²) < 4.78 is 0. The molecule has 0 aromatic heterocycles. The molecule has 0 radical (unpaired) electrons. The van der Waals surface area contributed by atoms with Crippen molar-refractivity contribution < 1.29 is 19.5 Å². The highest BCUT2D eigenvalue weighted by Crippen LogP contribution is 2.23. The fourth-order valence-corrected chi connectivity index (χ4v) is 3.48.